The molecule has 120 valence electrons. The molecule has 0 N–H and O–H groups in total. The summed E-state index contributed by atoms with van der Waals surface area (Å²) in [6, 6.07) is 29.0. The number of halogens is 2. The Morgan fingerprint density at radius 3 is 1.25 bits per heavy atom. The smallest absolute Gasteiger partial charge is 0.0480 e. The summed E-state index contributed by atoms with van der Waals surface area (Å²) in [5.41, 5.74) is 2.41. The number of fused-ring (bicyclic) bond motifs is 2. The summed E-state index contributed by atoms with van der Waals surface area (Å²) in [6.07, 6.45) is 0. The Morgan fingerprint density at radius 2 is 0.833 bits per heavy atom. The Bertz CT molecular complexity index is 855. The van der Waals surface area contributed by atoms with Gasteiger partial charge in [0.1, 0.15) is 0 Å². The zero-order valence-electron chi connectivity index (χ0n) is 13.3. The van der Waals surface area contributed by atoms with Crippen LogP contribution in [0.1, 0.15) is 11.1 Å². The molecule has 0 aliphatic rings. The quantitative estimate of drug-likeness (QED) is 0.336. The van der Waals surface area contributed by atoms with Crippen LogP contribution in [0.3, 0.4) is 0 Å². The van der Waals surface area contributed by atoms with Gasteiger partial charge in [0.15, 0.2) is 0 Å². The summed E-state index contributed by atoms with van der Waals surface area (Å²) < 4.78 is 0. The first-order valence-corrected chi connectivity index (χ1v) is 8.95. The standard InChI is InChI=1S/2C11H9Cl/c2*12-8-10-6-3-5-9-4-1-2-7-11(9)10/h2*1-7H,8H2. The zero-order valence-corrected chi connectivity index (χ0v) is 14.8. The summed E-state index contributed by atoms with van der Waals surface area (Å²) >= 11 is 11.6. The zero-order chi connectivity index (χ0) is 16.8. The number of hydrogen-bond acceptors (Lipinski definition) is 0. The van der Waals surface area contributed by atoms with Crippen molar-refractivity contribution in [1.29, 1.82) is 0 Å². The second-order valence-electron chi connectivity index (χ2n) is 5.54. The third kappa shape index (κ3) is 3.72. The normalized spacial score (nSPS) is 10.4. The fourth-order valence-corrected chi connectivity index (χ4v) is 3.28. The second kappa shape index (κ2) is 8.19. The monoisotopic (exact) mass is 352 g/mol. The minimum Gasteiger partial charge on any atom is -0.122 e. The van der Waals surface area contributed by atoms with Crippen molar-refractivity contribution < 1.29 is 0 Å². The van der Waals surface area contributed by atoms with Crippen molar-refractivity contribution in [3.05, 3.63) is 96.1 Å². The second-order valence-corrected chi connectivity index (χ2v) is 6.08. The SMILES string of the molecule is ClCc1cccc2ccccc12.ClCc1cccc2ccccc12. The van der Waals surface area contributed by atoms with Crippen LogP contribution >= 0.6 is 23.2 Å². The molecular formula is C22H18Cl2. The van der Waals surface area contributed by atoms with Gasteiger partial charge in [0.25, 0.3) is 0 Å². The van der Waals surface area contributed by atoms with Crippen molar-refractivity contribution in [3.63, 3.8) is 0 Å². The number of rotatable bonds is 2. The van der Waals surface area contributed by atoms with Crippen molar-refractivity contribution >= 4 is 44.7 Å². The van der Waals surface area contributed by atoms with E-state index in [1.807, 2.05) is 36.4 Å². The molecule has 0 bridgehead atoms. The van der Waals surface area contributed by atoms with E-state index in [9.17, 15) is 0 Å². The maximum Gasteiger partial charge on any atom is 0.0480 e. The van der Waals surface area contributed by atoms with Crippen molar-refractivity contribution in [2.24, 2.45) is 0 Å². The van der Waals surface area contributed by atoms with Gasteiger partial charge in [-0.25, -0.2) is 0 Å². The van der Waals surface area contributed by atoms with Gasteiger partial charge >= 0.3 is 0 Å². The highest BCUT2D eigenvalue weighted by Crippen LogP contribution is 2.20. The van der Waals surface area contributed by atoms with Crippen molar-refractivity contribution in [1.82, 2.24) is 0 Å². The summed E-state index contributed by atoms with van der Waals surface area (Å²) in [5, 5.41) is 5.04. The van der Waals surface area contributed by atoms with E-state index in [2.05, 4.69) is 48.5 Å². The highest BCUT2D eigenvalue weighted by atomic mass is 35.5. The van der Waals surface area contributed by atoms with E-state index in [1.165, 1.54) is 32.7 Å². The number of alkyl halides is 2. The first-order chi connectivity index (χ1) is 11.8. The van der Waals surface area contributed by atoms with Gasteiger partial charge in [-0.1, -0.05) is 84.9 Å². The van der Waals surface area contributed by atoms with Crippen molar-refractivity contribution in [2.75, 3.05) is 0 Å². The van der Waals surface area contributed by atoms with Gasteiger partial charge in [-0.3, -0.25) is 0 Å². The van der Waals surface area contributed by atoms with Crippen molar-refractivity contribution in [2.45, 2.75) is 11.8 Å². The molecule has 0 fully saturated rings. The lowest BCUT2D eigenvalue weighted by Crippen LogP contribution is -1.79. The average Bonchev–Trinajstić information content (AvgIpc) is 2.67. The van der Waals surface area contributed by atoms with Crippen LogP contribution in [-0.2, 0) is 11.8 Å². The Hall–Kier alpha value is -2.02. The molecule has 0 unspecified atom stereocenters. The summed E-state index contributed by atoms with van der Waals surface area (Å²) in [7, 11) is 0. The fraction of sp³-hybridized carbons (Fsp3) is 0.0909. The topological polar surface area (TPSA) is 0 Å². The first kappa shape index (κ1) is 16.8. The predicted molar refractivity (Wildman–Crippen MR) is 107 cm³/mol. The minimum atomic E-state index is 0.585. The number of benzene rings is 4. The van der Waals surface area contributed by atoms with E-state index in [0.29, 0.717) is 11.8 Å². The maximum atomic E-state index is 5.81. The van der Waals surface area contributed by atoms with Gasteiger partial charge in [0, 0.05) is 11.8 Å². The van der Waals surface area contributed by atoms with Gasteiger partial charge in [0.05, 0.1) is 0 Å². The highest BCUT2D eigenvalue weighted by molar-refractivity contribution is 6.18. The molecule has 0 aliphatic carbocycles. The van der Waals surface area contributed by atoms with E-state index < -0.39 is 0 Å². The molecule has 0 saturated carbocycles. The largest absolute Gasteiger partial charge is 0.122 e. The molecule has 24 heavy (non-hydrogen) atoms. The molecule has 0 aliphatic heterocycles. The van der Waals surface area contributed by atoms with Crippen LogP contribution < -0.4 is 0 Å². The van der Waals surface area contributed by atoms with Crippen LogP contribution in [0.4, 0.5) is 0 Å². The van der Waals surface area contributed by atoms with Crippen LogP contribution in [-0.4, -0.2) is 0 Å². The Balaban J connectivity index is 0.000000141. The molecular weight excluding hydrogens is 335 g/mol. The molecule has 0 amide bonds. The van der Waals surface area contributed by atoms with Gasteiger partial charge < -0.3 is 0 Å². The molecule has 0 nitrogen and oxygen atoms in total. The summed E-state index contributed by atoms with van der Waals surface area (Å²) in [6.45, 7) is 0. The van der Waals surface area contributed by atoms with Crippen LogP contribution in [0.25, 0.3) is 21.5 Å². The van der Waals surface area contributed by atoms with Crippen LogP contribution in [0.2, 0.25) is 0 Å². The third-order valence-electron chi connectivity index (χ3n) is 4.05. The van der Waals surface area contributed by atoms with E-state index in [-0.39, 0.29) is 0 Å². The molecule has 4 aromatic carbocycles. The Labute approximate surface area is 152 Å². The van der Waals surface area contributed by atoms with E-state index >= 15 is 0 Å². The minimum absolute atomic E-state index is 0.585. The first-order valence-electron chi connectivity index (χ1n) is 7.88. The summed E-state index contributed by atoms with van der Waals surface area (Å²) in [4.78, 5) is 0. The lowest BCUT2D eigenvalue weighted by atomic mass is 10.1. The van der Waals surface area contributed by atoms with Gasteiger partial charge in [-0.05, 0) is 32.7 Å². The lowest BCUT2D eigenvalue weighted by molar-refractivity contribution is 1.45. The Morgan fingerprint density at radius 1 is 0.458 bits per heavy atom. The van der Waals surface area contributed by atoms with E-state index in [4.69, 9.17) is 23.2 Å². The van der Waals surface area contributed by atoms with Gasteiger partial charge in [-0.2, -0.15) is 0 Å². The molecule has 0 atom stereocenters. The molecule has 4 aromatic rings. The third-order valence-corrected chi connectivity index (χ3v) is 4.62. The predicted octanol–water partition coefficient (Wildman–Crippen LogP) is 7.16. The maximum absolute atomic E-state index is 5.81. The van der Waals surface area contributed by atoms with Crippen LogP contribution in [0, 0.1) is 0 Å². The average molecular weight is 353 g/mol. The van der Waals surface area contributed by atoms with Crippen molar-refractivity contribution in [3.8, 4) is 0 Å². The Kier molecular flexibility index (Phi) is 5.74. The molecule has 4 rings (SSSR count). The summed E-state index contributed by atoms with van der Waals surface area (Å²) in [5.74, 6) is 1.17. The highest BCUT2D eigenvalue weighted by Gasteiger charge is 1.97. The number of hydrogen-bond donors (Lipinski definition) is 0. The van der Waals surface area contributed by atoms with Crippen LogP contribution in [0.5, 0.6) is 0 Å². The molecule has 0 heterocycles. The van der Waals surface area contributed by atoms with Gasteiger partial charge in [0.2, 0.25) is 0 Å². The van der Waals surface area contributed by atoms with E-state index in [0.717, 1.165) is 0 Å². The molecule has 0 spiro atoms. The van der Waals surface area contributed by atoms with Gasteiger partial charge in [-0.15, -0.1) is 23.2 Å². The van der Waals surface area contributed by atoms with Crippen LogP contribution in [0.15, 0.2) is 84.9 Å². The lowest BCUT2D eigenvalue weighted by Gasteiger charge is -2.01. The molecule has 2 heteroatoms. The molecule has 0 saturated heterocycles. The molecule has 0 radical (unpaired) electrons. The molecule has 0 aromatic heterocycles. The van der Waals surface area contributed by atoms with E-state index in [1.54, 1.807) is 0 Å². The fourth-order valence-electron chi connectivity index (χ4n) is 2.82.